The Morgan fingerprint density at radius 2 is 2.33 bits per heavy atom. The van der Waals surface area contributed by atoms with Gasteiger partial charge in [-0.05, 0) is 25.2 Å². The molecule has 2 rings (SSSR count). The van der Waals surface area contributed by atoms with Crippen molar-refractivity contribution in [1.82, 2.24) is 4.98 Å². The molecule has 0 aromatic carbocycles. The number of hydrogen-bond donors (Lipinski definition) is 0. The summed E-state index contributed by atoms with van der Waals surface area (Å²) >= 11 is 1.54. The molecule has 0 atom stereocenters. The van der Waals surface area contributed by atoms with Crippen molar-refractivity contribution in [2.75, 3.05) is 18.6 Å². The first-order valence-electron chi connectivity index (χ1n) is 6.42. The molecule has 4 nitrogen and oxygen atoms in total. The van der Waals surface area contributed by atoms with E-state index < -0.39 is 0 Å². The fourth-order valence-electron chi connectivity index (χ4n) is 1.81. The maximum absolute atomic E-state index is 11.4. The summed E-state index contributed by atoms with van der Waals surface area (Å²) in [6, 6.07) is 0.625. The number of carbonyl (C=O) groups excluding carboxylic acids is 1. The Hall–Kier alpha value is -1.10. The monoisotopic (exact) mass is 268 g/mol. The molecule has 18 heavy (non-hydrogen) atoms. The van der Waals surface area contributed by atoms with Crippen LogP contribution < -0.4 is 4.90 Å². The molecule has 5 heteroatoms. The molecule has 1 saturated carbocycles. The van der Waals surface area contributed by atoms with Crippen LogP contribution in [0.3, 0.4) is 0 Å². The zero-order chi connectivity index (χ0) is 13.1. The minimum absolute atomic E-state index is 0.350. The van der Waals surface area contributed by atoms with Gasteiger partial charge in [0.15, 0.2) is 10.8 Å². The van der Waals surface area contributed by atoms with Crippen LogP contribution in [0.25, 0.3) is 0 Å². The van der Waals surface area contributed by atoms with Crippen molar-refractivity contribution in [1.29, 1.82) is 0 Å². The van der Waals surface area contributed by atoms with E-state index in [1.165, 1.54) is 31.3 Å². The summed E-state index contributed by atoms with van der Waals surface area (Å²) in [5, 5.41) is 2.74. The van der Waals surface area contributed by atoms with Gasteiger partial charge in [-0.25, -0.2) is 9.78 Å². The summed E-state index contributed by atoms with van der Waals surface area (Å²) in [6.45, 7) is 5.48. The Kier molecular flexibility index (Phi) is 4.22. The molecular formula is C13H20N2O2S. The highest BCUT2D eigenvalue weighted by Gasteiger charge is 2.31. The Bertz CT molecular complexity index is 413. The third kappa shape index (κ3) is 3.22. The third-order valence-corrected chi connectivity index (χ3v) is 3.95. The molecule has 0 radical (unpaired) electrons. The van der Waals surface area contributed by atoms with E-state index >= 15 is 0 Å². The van der Waals surface area contributed by atoms with Gasteiger partial charge in [-0.15, -0.1) is 11.3 Å². The van der Waals surface area contributed by atoms with Crippen LogP contribution in [0.4, 0.5) is 5.13 Å². The summed E-state index contributed by atoms with van der Waals surface area (Å²) in [6.07, 6.45) is 3.64. The quantitative estimate of drug-likeness (QED) is 0.744. The standard InChI is InChI=1S/C13H20N2O2S/c1-9(2)6-7-15(10-4-5-10)13-14-11(8-18-13)12(16)17-3/h8-10H,4-7H2,1-3H3. The Labute approximate surface area is 112 Å². The van der Waals surface area contributed by atoms with Crippen LogP contribution in [-0.4, -0.2) is 30.6 Å². The average Bonchev–Trinajstić information content (AvgIpc) is 3.05. The molecule has 100 valence electrons. The molecule has 0 bridgehead atoms. The lowest BCUT2D eigenvalue weighted by Gasteiger charge is -2.22. The summed E-state index contributed by atoms with van der Waals surface area (Å²) < 4.78 is 4.69. The first-order chi connectivity index (χ1) is 8.61. The highest BCUT2D eigenvalue weighted by atomic mass is 32.1. The maximum atomic E-state index is 11.4. The van der Waals surface area contributed by atoms with Gasteiger partial charge in [0.1, 0.15) is 0 Å². The Morgan fingerprint density at radius 1 is 1.61 bits per heavy atom. The fourth-order valence-corrected chi connectivity index (χ4v) is 2.71. The minimum Gasteiger partial charge on any atom is -0.464 e. The number of ether oxygens (including phenoxy) is 1. The van der Waals surface area contributed by atoms with Gasteiger partial charge in [0.2, 0.25) is 0 Å². The van der Waals surface area contributed by atoms with Crippen molar-refractivity contribution in [3.63, 3.8) is 0 Å². The first kappa shape index (κ1) is 13.3. The van der Waals surface area contributed by atoms with E-state index in [-0.39, 0.29) is 5.97 Å². The summed E-state index contributed by atoms with van der Waals surface area (Å²) in [5.41, 5.74) is 0.424. The van der Waals surface area contributed by atoms with Gasteiger partial charge in [0.25, 0.3) is 0 Å². The van der Waals surface area contributed by atoms with Crippen molar-refractivity contribution in [3.8, 4) is 0 Å². The number of rotatable bonds is 6. The second-order valence-corrected chi connectivity index (χ2v) is 5.95. The van der Waals surface area contributed by atoms with Crippen LogP contribution in [0, 0.1) is 5.92 Å². The number of aromatic nitrogens is 1. The number of hydrogen-bond acceptors (Lipinski definition) is 5. The smallest absolute Gasteiger partial charge is 0.357 e. The van der Waals surface area contributed by atoms with Crippen LogP contribution in [0.5, 0.6) is 0 Å². The van der Waals surface area contributed by atoms with Crippen LogP contribution in [0.2, 0.25) is 0 Å². The second kappa shape index (κ2) is 5.69. The van der Waals surface area contributed by atoms with Crippen LogP contribution >= 0.6 is 11.3 Å². The highest BCUT2D eigenvalue weighted by Crippen LogP contribution is 2.34. The maximum Gasteiger partial charge on any atom is 0.357 e. The van der Waals surface area contributed by atoms with Crippen LogP contribution in [0.15, 0.2) is 5.38 Å². The summed E-state index contributed by atoms with van der Waals surface area (Å²) in [5.74, 6) is 0.336. The molecule has 0 spiro atoms. The van der Waals surface area contributed by atoms with E-state index in [0.717, 1.165) is 18.1 Å². The number of thiazole rings is 1. The number of esters is 1. The van der Waals surface area contributed by atoms with Crippen LogP contribution in [-0.2, 0) is 4.74 Å². The van der Waals surface area contributed by atoms with Crippen LogP contribution in [0.1, 0.15) is 43.6 Å². The van der Waals surface area contributed by atoms with E-state index in [4.69, 9.17) is 4.74 Å². The highest BCUT2D eigenvalue weighted by molar-refractivity contribution is 7.13. The number of nitrogens with zero attached hydrogens (tertiary/aromatic N) is 2. The minimum atomic E-state index is -0.350. The van der Waals surface area contributed by atoms with Crippen molar-refractivity contribution in [2.45, 2.75) is 39.2 Å². The molecule has 1 aromatic heterocycles. The first-order valence-corrected chi connectivity index (χ1v) is 7.30. The van der Waals surface area contributed by atoms with Gasteiger partial charge < -0.3 is 9.64 Å². The van der Waals surface area contributed by atoms with Gasteiger partial charge in [-0.1, -0.05) is 13.8 Å². The van der Waals surface area contributed by atoms with Crippen molar-refractivity contribution in [2.24, 2.45) is 5.92 Å². The normalized spacial score (nSPS) is 14.9. The van der Waals surface area contributed by atoms with E-state index in [9.17, 15) is 4.79 Å². The van der Waals surface area contributed by atoms with Gasteiger partial charge in [-0.3, -0.25) is 0 Å². The topological polar surface area (TPSA) is 42.4 Å². The Morgan fingerprint density at radius 3 is 2.89 bits per heavy atom. The van der Waals surface area contributed by atoms with Gasteiger partial charge in [0.05, 0.1) is 7.11 Å². The SMILES string of the molecule is COC(=O)c1csc(N(CCC(C)C)C2CC2)n1. The van der Waals surface area contributed by atoms with Crippen molar-refractivity contribution in [3.05, 3.63) is 11.1 Å². The molecule has 0 unspecified atom stereocenters. The molecule has 1 heterocycles. The lowest BCUT2D eigenvalue weighted by atomic mass is 10.1. The predicted octanol–water partition coefficient (Wildman–Crippen LogP) is 2.94. The zero-order valence-corrected chi connectivity index (χ0v) is 12.0. The lowest BCUT2D eigenvalue weighted by Crippen LogP contribution is -2.27. The van der Waals surface area contributed by atoms with E-state index in [1.54, 1.807) is 5.38 Å². The molecule has 0 saturated heterocycles. The van der Waals surface area contributed by atoms with Gasteiger partial charge in [-0.2, -0.15) is 0 Å². The molecule has 1 aliphatic rings. The third-order valence-electron chi connectivity index (χ3n) is 3.07. The molecule has 0 amide bonds. The molecule has 0 aliphatic heterocycles. The fraction of sp³-hybridized carbons (Fsp3) is 0.692. The number of anilines is 1. The van der Waals surface area contributed by atoms with Gasteiger partial charge >= 0.3 is 5.97 Å². The molecule has 1 aromatic rings. The molecular weight excluding hydrogens is 248 g/mol. The summed E-state index contributed by atoms with van der Waals surface area (Å²) in [4.78, 5) is 18.1. The summed E-state index contributed by atoms with van der Waals surface area (Å²) in [7, 11) is 1.39. The second-order valence-electron chi connectivity index (χ2n) is 5.11. The van der Waals surface area contributed by atoms with E-state index in [0.29, 0.717) is 17.7 Å². The predicted molar refractivity (Wildman–Crippen MR) is 73.3 cm³/mol. The molecule has 0 N–H and O–H groups in total. The average molecular weight is 268 g/mol. The Balaban J connectivity index is 2.05. The van der Waals surface area contributed by atoms with Crippen molar-refractivity contribution >= 4 is 22.4 Å². The van der Waals surface area contributed by atoms with Gasteiger partial charge in [0, 0.05) is 18.0 Å². The molecule has 1 aliphatic carbocycles. The van der Waals surface area contributed by atoms with E-state index in [2.05, 4.69) is 23.7 Å². The molecule has 1 fully saturated rings. The zero-order valence-electron chi connectivity index (χ0n) is 11.2. The number of carbonyl (C=O) groups is 1. The van der Waals surface area contributed by atoms with E-state index in [1.807, 2.05) is 0 Å². The lowest BCUT2D eigenvalue weighted by molar-refractivity contribution is 0.0595. The largest absolute Gasteiger partial charge is 0.464 e. The van der Waals surface area contributed by atoms with Crippen molar-refractivity contribution < 1.29 is 9.53 Å². The number of methoxy groups -OCH3 is 1.